The van der Waals surface area contributed by atoms with E-state index in [0.717, 1.165) is 66.1 Å². The number of rotatable bonds is 5. The minimum absolute atomic E-state index is 0.297. The number of hydrogen-bond donors (Lipinski definition) is 0. The third kappa shape index (κ3) is 4.86. The smallest absolute Gasteiger partial charge is 0.348 e. The zero-order chi connectivity index (χ0) is 22.1. The van der Waals surface area contributed by atoms with Gasteiger partial charge in [0.1, 0.15) is 21.3 Å². The Morgan fingerprint density at radius 3 is 2.48 bits per heavy atom. The zero-order valence-corrected chi connectivity index (χ0v) is 20.1. The SMILES string of the molecule is COC(=O)c1sc2nc(C)nc(N3CCC(CCN4CC(C)OC(C)C4)CC3)c2c1C. The molecular weight excluding hydrogens is 412 g/mol. The molecule has 0 N–H and O–H groups in total. The van der Waals surface area contributed by atoms with Gasteiger partial charge in [-0.3, -0.25) is 4.90 Å². The molecule has 0 radical (unpaired) electrons. The second-order valence-corrected chi connectivity index (χ2v) is 10.1. The monoisotopic (exact) mass is 446 g/mol. The highest BCUT2D eigenvalue weighted by Crippen LogP contribution is 2.37. The van der Waals surface area contributed by atoms with Crippen LogP contribution in [0.1, 0.15) is 54.2 Å². The average molecular weight is 447 g/mol. The Hall–Kier alpha value is -1.77. The number of ether oxygens (including phenoxy) is 2. The highest BCUT2D eigenvalue weighted by molar-refractivity contribution is 7.20. The molecule has 8 heteroatoms. The number of aryl methyl sites for hydroxylation is 2. The van der Waals surface area contributed by atoms with E-state index in [1.54, 1.807) is 0 Å². The standard InChI is InChI=1S/C23H34N4O3S/c1-14-12-26(13-15(2)30-14)9-6-18-7-10-27(11-8-18)21-19-16(3)20(23(28)29-5)31-22(19)25-17(4)24-21/h14-15,18H,6-13H2,1-5H3. The first-order valence-corrected chi connectivity index (χ1v) is 12.2. The lowest BCUT2D eigenvalue weighted by molar-refractivity contribution is -0.0690. The number of piperidine rings is 1. The van der Waals surface area contributed by atoms with E-state index in [1.807, 2.05) is 13.8 Å². The molecule has 2 unspecified atom stereocenters. The first kappa shape index (κ1) is 22.4. The van der Waals surface area contributed by atoms with Crippen molar-refractivity contribution in [3.8, 4) is 0 Å². The van der Waals surface area contributed by atoms with Gasteiger partial charge < -0.3 is 14.4 Å². The van der Waals surface area contributed by atoms with Crippen LogP contribution in [-0.2, 0) is 9.47 Å². The predicted octanol–water partition coefficient (Wildman–Crippen LogP) is 3.81. The number of fused-ring (bicyclic) bond motifs is 1. The van der Waals surface area contributed by atoms with Crippen LogP contribution in [-0.4, -0.2) is 72.9 Å². The van der Waals surface area contributed by atoms with Gasteiger partial charge in [0.05, 0.1) is 24.7 Å². The molecule has 2 saturated heterocycles. The molecule has 2 aromatic heterocycles. The average Bonchev–Trinajstić information content (AvgIpc) is 3.07. The molecule has 31 heavy (non-hydrogen) atoms. The second kappa shape index (κ2) is 9.38. The molecule has 4 rings (SSSR count). The summed E-state index contributed by atoms with van der Waals surface area (Å²) >= 11 is 1.41. The van der Waals surface area contributed by atoms with E-state index in [1.165, 1.54) is 37.7 Å². The Labute approximate surface area is 188 Å². The quantitative estimate of drug-likeness (QED) is 0.647. The van der Waals surface area contributed by atoms with Gasteiger partial charge in [-0.1, -0.05) is 0 Å². The van der Waals surface area contributed by atoms with Crippen LogP contribution >= 0.6 is 11.3 Å². The van der Waals surface area contributed by atoms with Gasteiger partial charge in [0.25, 0.3) is 0 Å². The van der Waals surface area contributed by atoms with Crippen LogP contribution in [0.3, 0.4) is 0 Å². The van der Waals surface area contributed by atoms with E-state index in [0.29, 0.717) is 17.1 Å². The molecule has 0 amide bonds. The Balaban J connectivity index is 1.43. The molecule has 2 atom stereocenters. The minimum atomic E-state index is -0.297. The predicted molar refractivity (Wildman–Crippen MR) is 124 cm³/mol. The summed E-state index contributed by atoms with van der Waals surface area (Å²) < 4.78 is 10.8. The Morgan fingerprint density at radius 2 is 1.84 bits per heavy atom. The Kier molecular flexibility index (Phi) is 6.79. The van der Waals surface area contributed by atoms with Crippen molar-refractivity contribution < 1.29 is 14.3 Å². The summed E-state index contributed by atoms with van der Waals surface area (Å²) in [4.78, 5) is 28.0. The van der Waals surface area contributed by atoms with E-state index in [4.69, 9.17) is 14.5 Å². The highest BCUT2D eigenvalue weighted by atomic mass is 32.1. The maximum Gasteiger partial charge on any atom is 0.348 e. The normalized spacial score (nSPS) is 23.5. The molecule has 4 heterocycles. The number of esters is 1. The third-order valence-corrected chi connectivity index (χ3v) is 7.68. The number of thiophene rings is 1. The molecule has 170 valence electrons. The van der Waals surface area contributed by atoms with E-state index in [9.17, 15) is 4.79 Å². The highest BCUT2D eigenvalue weighted by Gasteiger charge is 2.27. The molecule has 2 aliphatic heterocycles. The Morgan fingerprint density at radius 1 is 1.16 bits per heavy atom. The van der Waals surface area contributed by atoms with Gasteiger partial charge in [-0.05, 0) is 65.0 Å². The molecular formula is C23H34N4O3S. The van der Waals surface area contributed by atoms with Crippen molar-refractivity contribution in [3.05, 3.63) is 16.3 Å². The Bertz CT molecular complexity index is 929. The molecule has 0 saturated carbocycles. The minimum Gasteiger partial charge on any atom is -0.465 e. The number of hydrogen-bond acceptors (Lipinski definition) is 8. The third-order valence-electron chi connectivity index (χ3n) is 6.52. The second-order valence-electron chi connectivity index (χ2n) is 9.06. The number of nitrogens with zero attached hydrogens (tertiary/aromatic N) is 4. The molecule has 7 nitrogen and oxygen atoms in total. The van der Waals surface area contributed by atoms with Gasteiger partial charge in [-0.2, -0.15) is 0 Å². The molecule has 2 aliphatic rings. The first-order valence-electron chi connectivity index (χ1n) is 11.3. The lowest BCUT2D eigenvalue weighted by Gasteiger charge is -2.37. The van der Waals surface area contributed by atoms with Gasteiger partial charge in [-0.25, -0.2) is 14.8 Å². The summed E-state index contributed by atoms with van der Waals surface area (Å²) in [5.74, 6) is 2.17. The molecule has 0 aliphatic carbocycles. The lowest BCUT2D eigenvalue weighted by Crippen LogP contribution is -2.46. The lowest BCUT2D eigenvalue weighted by atomic mass is 9.93. The van der Waals surface area contributed by atoms with E-state index >= 15 is 0 Å². The fourth-order valence-corrected chi connectivity index (χ4v) is 6.14. The van der Waals surface area contributed by atoms with Crippen LogP contribution in [0.2, 0.25) is 0 Å². The molecule has 0 bridgehead atoms. The fourth-order valence-electron chi connectivity index (χ4n) is 5.00. The number of morpholine rings is 1. The molecule has 0 spiro atoms. The molecule has 0 aromatic carbocycles. The van der Waals surface area contributed by atoms with Crippen LogP contribution < -0.4 is 4.90 Å². The molecule has 2 aromatic rings. The number of carbonyl (C=O) groups is 1. The van der Waals surface area contributed by atoms with Gasteiger partial charge >= 0.3 is 5.97 Å². The number of anilines is 1. The van der Waals surface area contributed by atoms with Crippen LogP contribution in [0, 0.1) is 19.8 Å². The summed E-state index contributed by atoms with van der Waals surface area (Å²) in [7, 11) is 1.42. The topological polar surface area (TPSA) is 67.8 Å². The fraction of sp³-hybridized carbons (Fsp3) is 0.696. The van der Waals surface area contributed by atoms with Crippen molar-refractivity contribution in [3.63, 3.8) is 0 Å². The maximum atomic E-state index is 12.2. The summed E-state index contributed by atoms with van der Waals surface area (Å²) in [6.07, 6.45) is 4.26. The number of methoxy groups -OCH3 is 1. The van der Waals surface area contributed by atoms with Crippen LogP contribution in [0.4, 0.5) is 5.82 Å². The van der Waals surface area contributed by atoms with Gasteiger partial charge in [0, 0.05) is 26.2 Å². The number of carbonyl (C=O) groups excluding carboxylic acids is 1. The van der Waals surface area contributed by atoms with Crippen LogP contribution in [0.25, 0.3) is 10.2 Å². The van der Waals surface area contributed by atoms with Crippen molar-refractivity contribution in [1.82, 2.24) is 14.9 Å². The van der Waals surface area contributed by atoms with Crippen molar-refractivity contribution in [2.75, 3.05) is 44.7 Å². The zero-order valence-electron chi connectivity index (χ0n) is 19.3. The number of aromatic nitrogens is 2. The van der Waals surface area contributed by atoms with Crippen molar-refractivity contribution >= 4 is 33.3 Å². The van der Waals surface area contributed by atoms with E-state index in [-0.39, 0.29) is 5.97 Å². The van der Waals surface area contributed by atoms with Gasteiger partial charge in [0.15, 0.2) is 0 Å². The van der Waals surface area contributed by atoms with Gasteiger partial charge in [-0.15, -0.1) is 11.3 Å². The largest absolute Gasteiger partial charge is 0.465 e. The summed E-state index contributed by atoms with van der Waals surface area (Å²) in [6, 6.07) is 0. The van der Waals surface area contributed by atoms with E-state index in [2.05, 4.69) is 28.6 Å². The summed E-state index contributed by atoms with van der Waals surface area (Å²) in [6.45, 7) is 13.5. The van der Waals surface area contributed by atoms with Crippen molar-refractivity contribution in [2.45, 2.75) is 59.2 Å². The van der Waals surface area contributed by atoms with Crippen LogP contribution in [0.15, 0.2) is 0 Å². The van der Waals surface area contributed by atoms with Crippen molar-refractivity contribution in [2.24, 2.45) is 5.92 Å². The van der Waals surface area contributed by atoms with Gasteiger partial charge in [0.2, 0.25) is 0 Å². The van der Waals surface area contributed by atoms with Crippen LogP contribution in [0.5, 0.6) is 0 Å². The molecule has 2 fully saturated rings. The van der Waals surface area contributed by atoms with E-state index < -0.39 is 0 Å². The summed E-state index contributed by atoms with van der Waals surface area (Å²) in [5.41, 5.74) is 0.930. The maximum absolute atomic E-state index is 12.2. The summed E-state index contributed by atoms with van der Waals surface area (Å²) in [5, 5.41) is 1.01. The first-order chi connectivity index (χ1) is 14.9. The van der Waals surface area contributed by atoms with Crippen molar-refractivity contribution in [1.29, 1.82) is 0 Å².